The lowest BCUT2D eigenvalue weighted by Gasteiger charge is -2.14. The molecule has 0 bridgehead atoms. The van der Waals surface area contributed by atoms with Crippen molar-refractivity contribution < 1.29 is 23.8 Å². The van der Waals surface area contributed by atoms with Gasteiger partial charge in [-0.25, -0.2) is 4.79 Å². The molecule has 1 N–H and O–H groups in total. The molecule has 2 aromatic carbocycles. The van der Waals surface area contributed by atoms with Crippen LogP contribution >= 0.6 is 11.6 Å². The Morgan fingerprint density at radius 1 is 1.15 bits per heavy atom. The number of ether oxygens (including phenoxy) is 3. The molecule has 0 fully saturated rings. The van der Waals surface area contributed by atoms with Crippen LogP contribution in [0.1, 0.15) is 22.8 Å². The van der Waals surface area contributed by atoms with Gasteiger partial charge in [-0.3, -0.25) is 4.79 Å². The summed E-state index contributed by atoms with van der Waals surface area (Å²) < 4.78 is 15.3. The van der Waals surface area contributed by atoms with Crippen LogP contribution in [0.5, 0.6) is 5.75 Å². The Morgan fingerprint density at radius 2 is 1.92 bits per heavy atom. The van der Waals surface area contributed by atoms with Crippen LogP contribution < -0.4 is 10.1 Å². The van der Waals surface area contributed by atoms with E-state index in [1.165, 1.54) is 14.0 Å². The number of carbonyl (C=O) groups is 2. The van der Waals surface area contributed by atoms with E-state index in [0.29, 0.717) is 28.6 Å². The summed E-state index contributed by atoms with van der Waals surface area (Å²) in [6.45, 7) is 1.88. The summed E-state index contributed by atoms with van der Waals surface area (Å²) in [5.74, 6) is -0.550. The summed E-state index contributed by atoms with van der Waals surface area (Å²) in [4.78, 5) is 24.5. The fraction of sp³-hybridized carbons (Fsp3) is 0.263. The second-order valence-electron chi connectivity index (χ2n) is 5.52. The normalized spacial score (nSPS) is 11.5. The van der Waals surface area contributed by atoms with Crippen molar-refractivity contribution >= 4 is 29.2 Å². The second kappa shape index (κ2) is 9.22. The molecule has 138 valence electrons. The molecule has 0 aliphatic carbocycles. The van der Waals surface area contributed by atoms with Crippen molar-refractivity contribution in [2.45, 2.75) is 19.6 Å². The van der Waals surface area contributed by atoms with E-state index < -0.39 is 18.0 Å². The van der Waals surface area contributed by atoms with Gasteiger partial charge in [0.2, 0.25) is 0 Å². The molecule has 1 amide bonds. The summed E-state index contributed by atoms with van der Waals surface area (Å²) in [5, 5.41) is 3.01. The Balaban J connectivity index is 1.99. The smallest absolute Gasteiger partial charge is 0.338 e. The lowest BCUT2D eigenvalue weighted by Crippen LogP contribution is -2.30. The number of benzene rings is 2. The Hall–Kier alpha value is -2.57. The molecule has 0 aliphatic rings. The van der Waals surface area contributed by atoms with E-state index in [1.54, 1.807) is 43.5 Å². The lowest BCUT2D eigenvalue weighted by molar-refractivity contribution is -0.123. The Morgan fingerprint density at radius 3 is 2.58 bits per heavy atom. The van der Waals surface area contributed by atoms with Crippen LogP contribution in [0.15, 0.2) is 42.5 Å². The van der Waals surface area contributed by atoms with Gasteiger partial charge in [0.15, 0.2) is 6.10 Å². The fourth-order valence-electron chi connectivity index (χ4n) is 2.22. The first kappa shape index (κ1) is 19.8. The highest BCUT2D eigenvalue weighted by atomic mass is 35.5. The molecular formula is C19H20ClNO5. The molecule has 0 saturated carbocycles. The molecule has 1 atom stereocenters. The molecule has 2 aromatic rings. The quantitative estimate of drug-likeness (QED) is 0.745. The van der Waals surface area contributed by atoms with Crippen LogP contribution in [0.4, 0.5) is 5.69 Å². The number of carbonyl (C=O) groups excluding carboxylic acids is 2. The van der Waals surface area contributed by atoms with Crippen LogP contribution in [0, 0.1) is 0 Å². The van der Waals surface area contributed by atoms with Crippen LogP contribution in [0.25, 0.3) is 0 Å². The topological polar surface area (TPSA) is 73.9 Å². The summed E-state index contributed by atoms with van der Waals surface area (Å²) in [7, 11) is 3.07. The van der Waals surface area contributed by atoms with Gasteiger partial charge in [0.05, 0.1) is 24.3 Å². The zero-order chi connectivity index (χ0) is 19.1. The van der Waals surface area contributed by atoms with E-state index in [9.17, 15) is 9.59 Å². The molecular weight excluding hydrogens is 358 g/mol. The third-order valence-electron chi connectivity index (χ3n) is 3.55. The summed E-state index contributed by atoms with van der Waals surface area (Å²) in [6.07, 6.45) is -0.977. The van der Waals surface area contributed by atoms with Gasteiger partial charge in [0.1, 0.15) is 5.75 Å². The molecule has 0 radical (unpaired) electrons. The second-order valence-corrected chi connectivity index (χ2v) is 5.93. The van der Waals surface area contributed by atoms with E-state index in [-0.39, 0.29) is 0 Å². The maximum Gasteiger partial charge on any atom is 0.338 e. The Labute approximate surface area is 157 Å². The number of halogens is 1. The predicted octanol–water partition coefficient (Wildman–Crippen LogP) is 3.68. The highest BCUT2D eigenvalue weighted by Crippen LogP contribution is 2.27. The zero-order valence-electron chi connectivity index (χ0n) is 14.7. The van der Waals surface area contributed by atoms with Crippen LogP contribution in [0.2, 0.25) is 5.02 Å². The molecule has 0 saturated heterocycles. The van der Waals surface area contributed by atoms with Crippen LogP contribution in [0.3, 0.4) is 0 Å². The lowest BCUT2D eigenvalue weighted by atomic mass is 10.1. The summed E-state index contributed by atoms with van der Waals surface area (Å²) in [5.41, 5.74) is 1.67. The van der Waals surface area contributed by atoms with E-state index in [1.807, 2.05) is 6.07 Å². The molecule has 0 aliphatic heterocycles. The van der Waals surface area contributed by atoms with Gasteiger partial charge in [0, 0.05) is 12.8 Å². The first-order chi connectivity index (χ1) is 12.4. The third-order valence-corrected chi connectivity index (χ3v) is 3.84. The van der Waals surface area contributed by atoms with Gasteiger partial charge in [-0.15, -0.1) is 0 Å². The minimum Gasteiger partial charge on any atom is -0.495 e. The molecule has 26 heavy (non-hydrogen) atoms. The van der Waals surface area contributed by atoms with Crippen LogP contribution in [-0.2, 0) is 20.9 Å². The van der Waals surface area contributed by atoms with Gasteiger partial charge >= 0.3 is 5.97 Å². The van der Waals surface area contributed by atoms with Crippen LogP contribution in [-0.4, -0.2) is 32.2 Å². The molecule has 7 heteroatoms. The molecule has 0 unspecified atom stereocenters. The highest BCUT2D eigenvalue weighted by molar-refractivity contribution is 6.32. The van der Waals surface area contributed by atoms with Gasteiger partial charge < -0.3 is 19.5 Å². The number of esters is 1. The molecule has 0 heterocycles. The number of hydrogen-bond donors (Lipinski definition) is 1. The van der Waals surface area contributed by atoms with E-state index >= 15 is 0 Å². The molecule has 0 aromatic heterocycles. The monoisotopic (exact) mass is 377 g/mol. The SMILES string of the molecule is COCc1cccc(C(=O)O[C@@H](C)C(=O)Nc2ccc(OC)c(Cl)c2)c1. The standard InChI is InChI=1S/C19H20ClNO5/c1-12(18(22)21-15-7-8-17(25-3)16(20)10-15)26-19(23)14-6-4-5-13(9-14)11-24-2/h4-10,12H,11H2,1-3H3,(H,21,22)/t12-/m0/s1. The first-order valence-electron chi connectivity index (χ1n) is 7.88. The number of anilines is 1. The van der Waals surface area contributed by atoms with Crippen molar-refractivity contribution in [2.24, 2.45) is 0 Å². The number of amides is 1. The summed E-state index contributed by atoms with van der Waals surface area (Å²) in [6, 6.07) is 11.7. The van der Waals surface area contributed by atoms with Gasteiger partial charge in [-0.1, -0.05) is 23.7 Å². The van der Waals surface area contributed by atoms with E-state index in [2.05, 4.69) is 5.32 Å². The first-order valence-corrected chi connectivity index (χ1v) is 8.25. The van der Waals surface area contributed by atoms with Gasteiger partial charge in [-0.05, 0) is 42.8 Å². The van der Waals surface area contributed by atoms with Crippen molar-refractivity contribution in [2.75, 3.05) is 19.5 Å². The van der Waals surface area contributed by atoms with Crippen molar-refractivity contribution in [3.05, 3.63) is 58.6 Å². The number of methoxy groups -OCH3 is 2. The number of nitrogens with one attached hydrogen (secondary N) is 1. The minimum absolute atomic E-state index is 0.353. The van der Waals surface area contributed by atoms with E-state index in [0.717, 1.165) is 5.56 Å². The Bertz CT molecular complexity index is 793. The fourth-order valence-corrected chi connectivity index (χ4v) is 2.48. The van der Waals surface area contributed by atoms with Crippen molar-refractivity contribution in [1.82, 2.24) is 0 Å². The summed E-state index contributed by atoms with van der Waals surface area (Å²) >= 11 is 6.03. The highest BCUT2D eigenvalue weighted by Gasteiger charge is 2.19. The average molecular weight is 378 g/mol. The van der Waals surface area contributed by atoms with Crippen molar-refractivity contribution in [3.63, 3.8) is 0 Å². The molecule has 0 spiro atoms. The average Bonchev–Trinajstić information content (AvgIpc) is 2.62. The maximum absolute atomic E-state index is 12.2. The molecule has 6 nitrogen and oxygen atoms in total. The predicted molar refractivity (Wildman–Crippen MR) is 98.7 cm³/mol. The van der Waals surface area contributed by atoms with Crippen molar-refractivity contribution in [1.29, 1.82) is 0 Å². The number of hydrogen-bond acceptors (Lipinski definition) is 5. The number of rotatable bonds is 7. The Kier molecular flexibility index (Phi) is 7.00. The van der Waals surface area contributed by atoms with Gasteiger partial charge in [-0.2, -0.15) is 0 Å². The third kappa shape index (κ3) is 5.21. The maximum atomic E-state index is 12.2. The van der Waals surface area contributed by atoms with Gasteiger partial charge in [0.25, 0.3) is 5.91 Å². The largest absolute Gasteiger partial charge is 0.495 e. The van der Waals surface area contributed by atoms with E-state index in [4.69, 9.17) is 25.8 Å². The minimum atomic E-state index is -0.977. The van der Waals surface area contributed by atoms with Crippen molar-refractivity contribution in [3.8, 4) is 5.75 Å². The zero-order valence-corrected chi connectivity index (χ0v) is 15.5. The molecule has 2 rings (SSSR count).